The Hall–Kier alpha value is -2.30. The van der Waals surface area contributed by atoms with Crippen LogP contribution in [0.2, 0.25) is 0 Å². The van der Waals surface area contributed by atoms with Gasteiger partial charge in [0.25, 0.3) is 0 Å². The molecule has 1 aromatic carbocycles. The molecular weight excluding hydrogens is 240 g/mol. The van der Waals surface area contributed by atoms with E-state index in [1.807, 2.05) is 42.1 Å². The van der Waals surface area contributed by atoms with Crippen molar-refractivity contribution in [1.29, 1.82) is 0 Å². The minimum absolute atomic E-state index is 0.0597. The van der Waals surface area contributed by atoms with E-state index in [9.17, 15) is 4.79 Å². The molecule has 100 valence electrons. The van der Waals surface area contributed by atoms with Gasteiger partial charge >= 0.3 is 0 Å². The zero-order valence-corrected chi connectivity index (χ0v) is 11.2. The molecule has 2 N–H and O–H groups in total. The minimum Gasteiger partial charge on any atom is -0.385 e. The van der Waals surface area contributed by atoms with E-state index in [4.69, 9.17) is 0 Å². The second kappa shape index (κ2) is 6.04. The summed E-state index contributed by atoms with van der Waals surface area (Å²) in [5, 5.41) is 6.06. The molecule has 0 spiro atoms. The number of nitrogens with one attached hydrogen (secondary N) is 2. The van der Waals surface area contributed by atoms with Gasteiger partial charge in [-0.1, -0.05) is 0 Å². The number of aryl methyl sites for hydroxylation is 1. The molecule has 0 fully saturated rings. The van der Waals surface area contributed by atoms with Crippen LogP contribution in [0.3, 0.4) is 0 Å². The third kappa shape index (κ3) is 3.84. The monoisotopic (exact) mass is 258 g/mol. The molecule has 0 unspecified atom stereocenters. The average molecular weight is 258 g/mol. The van der Waals surface area contributed by atoms with Crippen molar-refractivity contribution >= 4 is 17.3 Å². The Bertz CT molecular complexity index is 545. The van der Waals surface area contributed by atoms with Gasteiger partial charge in [0.1, 0.15) is 5.82 Å². The number of rotatable bonds is 5. The normalized spacial score (nSPS) is 10.2. The molecule has 0 saturated carbocycles. The molecule has 0 aliphatic rings. The first-order valence-electron chi connectivity index (χ1n) is 6.23. The number of carbonyl (C=O) groups is 1. The summed E-state index contributed by atoms with van der Waals surface area (Å²) in [7, 11) is 1.99. The summed E-state index contributed by atoms with van der Waals surface area (Å²) in [6.45, 7) is 2.32. The topological polar surface area (TPSA) is 59.0 Å². The predicted octanol–water partition coefficient (Wildman–Crippen LogP) is 2.03. The maximum absolute atomic E-state index is 10.9. The van der Waals surface area contributed by atoms with Crippen LogP contribution in [-0.4, -0.2) is 22.0 Å². The smallest absolute Gasteiger partial charge is 0.221 e. The third-order valence-electron chi connectivity index (χ3n) is 2.80. The number of carbonyl (C=O) groups excluding carboxylic acids is 1. The van der Waals surface area contributed by atoms with Crippen molar-refractivity contribution in [3.8, 4) is 0 Å². The lowest BCUT2D eigenvalue weighted by Gasteiger charge is -2.08. The van der Waals surface area contributed by atoms with Crippen LogP contribution >= 0.6 is 0 Å². The second-order valence-electron chi connectivity index (χ2n) is 4.39. The van der Waals surface area contributed by atoms with E-state index >= 15 is 0 Å². The highest BCUT2D eigenvalue weighted by Gasteiger charge is 1.99. The highest BCUT2D eigenvalue weighted by atomic mass is 16.1. The van der Waals surface area contributed by atoms with Crippen molar-refractivity contribution in [2.75, 3.05) is 17.2 Å². The zero-order chi connectivity index (χ0) is 13.7. The standard InChI is InChI=1S/C14H18N4O/c1-11(19)17-13-5-3-12(4-6-13)15-8-7-14-16-9-10-18(14)2/h3-6,9-10,15H,7-8H2,1-2H3,(H,17,19). The fourth-order valence-corrected chi connectivity index (χ4v) is 1.83. The van der Waals surface area contributed by atoms with Crippen LogP contribution in [0.4, 0.5) is 11.4 Å². The van der Waals surface area contributed by atoms with Crippen LogP contribution in [0.5, 0.6) is 0 Å². The molecule has 2 aromatic rings. The van der Waals surface area contributed by atoms with E-state index in [-0.39, 0.29) is 5.91 Å². The van der Waals surface area contributed by atoms with Gasteiger partial charge in [-0.25, -0.2) is 4.98 Å². The lowest BCUT2D eigenvalue weighted by molar-refractivity contribution is -0.114. The first-order valence-corrected chi connectivity index (χ1v) is 6.23. The molecule has 0 saturated heterocycles. The maximum Gasteiger partial charge on any atom is 0.221 e. The lowest BCUT2D eigenvalue weighted by Crippen LogP contribution is -2.09. The molecule has 0 aliphatic heterocycles. The fraction of sp³-hybridized carbons (Fsp3) is 0.286. The van der Waals surface area contributed by atoms with E-state index < -0.39 is 0 Å². The van der Waals surface area contributed by atoms with Gasteiger partial charge in [0.05, 0.1) is 0 Å². The highest BCUT2D eigenvalue weighted by molar-refractivity contribution is 5.88. The summed E-state index contributed by atoms with van der Waals surface area (Å²) < 4.78 is 2.02. The molecule has 1 heterocycles. The van der Waals surface area contributed by atoms with Crippen molar-refractivity contribution in [3.63, 3.8) is 0 Å². The molecule has 1 aromatic heterocycles. The molecular formula is C14H18N4O. The van der Waals surface area contributed by atoms with Gasteiger partial charge < -0.3 is 15.2 Å². The number of benzene rings is 1. The summed E-state index contributed by atoms with van der Waals surface area (Å²) in [6, 6.07) is 7.66. The predicted molar refractivity (Wildman–Crippen MR) is 76.1 cm³/mol. The molecule has 0 aliphatic carbocycles. The van der Waals surface area contributed by atoms with E-state index in [0.29, 0.717) is 0 Å². The second-order valence-corrected chi connectivity index (χ2v) is 4.39. The van der Waals surface area contributed by atoms with E-state index in [1.165, 1.54) is 6.92 Å². The molecule has 2 rings (SSSR count). The number of amides is 1. The molecule has 5 heteroatoms. The van der Waals surface area contributed by atoms with Gasteiger partial charge in [-0.2, -0.15) is 0 Å². The quantitative estimate of drug-likeness (QED) is 0.862. The largest absolute Gasteiger partial charge is 0.385 e. The SMILES string of the molecule is CC(=O)Nc1ccc(NCCc2nccn2C)cc1. The Labute approximate surface area is 112 Å². The van der Waals surface area contributed by atoms with Gasteiger partial charge in [-0.05, 0) is 24.3 Å². The Kier molecular flexibility index (Phi) is 4.18. The molecule has 1 amide bonds. The van der Waals surface area contributed by atoms with Gasteiger partial charge in [0, 0.05) is 50.7 Å². The number of hydrogen-bond acceptors (Lipinski definition) is 3. The molecule has 5 nitrogen and oxygen atoms in total. The van der Waals surface area contributed by atoms with Gasteiger partial charge in [-0.15, -0.1) is 0 Å². The Morgan fingerprint density at radius 3 is 2.53 bits per heavy atom. The molecule has 0 atom stereocenters. The van der Waals surface area contributed by atoms with Gasteiger partial charge in [-0.3, -0.25) is 4.79 Å². The molecule has 0 bridgehead atoms. The van der Waals surface area contributed by atoms with E-state index in [2.05, 4.69) is 15.6 Å². The van der Waals surface area contributed by atoms with Gasteiger partial charge in [0.15, 0.2) is 0 Å². The van der Waals surface area contributed by atoms with Crippen LogP contribution in [0.15, 0.2) is 36.7 Å². The average Bonchev–Trinajstić information content (AvgIpc) is 2.77. The first kappa shape index (κ1) is 13.1. The maximum atomic E-state index is 10.9. The number of anilines is 2. The Morgan fingerprint density at radius 1 is 1.26 bits per heavy atom. The zero-order valence-electron chi connectivity index (χ0n) is 11.2. The van der Waals surface area contributed by atoms with Crippen LogP contribution in [0, 0.1) is 0 Å². The van der Waals surface area contributed by atoms with Crippen molar-refractivity contribution in [1.82, 2.24) is 9.55 Å². The minimum atomic E-state index is -0.0597. The summed E-state index contributed by atoms with van der Waals surface area (Å²) in [6.07, 6.45) is 4.62. The van der Waals surface area contributed by atoms with E-state index in [1.54, 1.807) is 6.20 Å². The Morgan fingerprint density at radius 2 is 1.95 bits per heavy atom. The summed E-state index contributed by atoms with van der Waals surface area (Å²) in [4.78, 5) is 15.2. The van der Waals surface area contributed by atoms with Crippen molar-refractivity contribution in [2.24, 2.45) is 7.05 Å². The summed E-state index contributed by atoms with van der Waals surface area (Å²) in [5.74, 6) is 0.998. The van der Waals surface area contributed by atoms with Crippen molar-refractivity contribution < 1.29 is 4.79 Å². The van der Waals surface area contributed by atoms with Crippen molar-refractivity contribution in [3.05, 3.63) is 42.5 Å². The van der Waals surface area contributed by atoms with E-state index in [0.717, 1.165) is 30.2 Å². The van der Waals surface area contributed by atoms with Gasteiger partial charge in [0.2, 0.25) is 5.91 Å². The summed E-state index contributed by atoms with van der Waals surface area (Å²) in [5.41, 5.74) is 1.84. The van der Waals surface area contributed by atoms with Crippen LogP contribution in [0.1, 0.15) is 12.7 Å². The van der Waals surface area contributed by atoms with Crippen LogP contribution in [0.25, 0.3) is 0 Å². The van der Waals surface area contributed by atoms with Crippen molar-refractivity contribution in [2.45, 2.75) is 13.3 Å². The first-order chi connectivity index (χ1) is 9.15. The number of aromatic nitrogens is 2. The molecule has 0 radical (unpaired) electrons. The number of nitrogens with zero attached hydrogens (tertiary/aromatic N) is 2. The molecule has 19 heavy (non-hydrogen) atoms. The third-order valence-corrected chi connectivity index (χ3v) is 2.80. The number of hydrogen-bond donors (Lipinski definition) is 2. The van der Waals surface area contributed by atoms with Crippen LogP contribution in [-0.2, 0) is 18.3 Å². The number of imidazole rings is 1. The Balaban J connectivity index is 1.83. The lowest BCUT2D eigenvalue weighted by atomic mass is 10.2. The highest BCUT2D eigenvalue weighted by Crippen LogP contribution is 2.13. The summed E-state index contributed by atoms with van der Waals surface area (Å²) >= 11 is 0. The fourth-order valence-electron chi connectivity index (χ4n) is 1.83. The van der Waals surface area contributed by atoms with Crippen LogP contribution < -0.4 is 10.6 Å².